The first kappa shape index (κ1) is 9.77. The van der Waals surface area contributed by atoms with Crippen LogP contribution in [-0.4, -0.2) is 24.2 Å². The molecule has 1 N–H and O–H groups in total. The van der Waals surface area contributed by atoms with E-state index in [1.807, 2.05) is 29.2 Å². The van der Waals surface area contributed by atoms with E-state index in [4.69, 9.17) is 5.11 Å². The summed E-state index contributed by atoms with van der Waals surface area (Å²) >= 11 is 0. The lowest BCUT2D eigenvalue weighted by atomic mass is 10.0. The molecule has 15 heavy (non-hydrogen) atoms. The molecule has 0 saturated heterocycles. The van der Waals surface area contributed by atoms with Crippen LogP contribution in [0.2, 0.25) is 0 Å². The normalized spacial score (nSPS) is 18.7. The maximum atomic E-state index is 11.1. The maximum Gasteiger partial charge on any atom is 0.312 e. The van der Waals surface area contributed by atoms with E-state index in [0.717, 1.165) is 11.3 Å². The zero-order valence-electron chi connectivity index (χ0n) is 8.39. The molecular weight excluding hydrogens is 190 g/mol. The van der Waals surface area contributed by atoms with Gasteiger partial charge in [0.05, 0.1) is 0 Å². The summed E-state index contributed by atoms with van der Waals surface area (Å²) in [5.74, 6) is -1.16. The van der Waals surface area contributed by atoms with Gasteiger partial charge in [-0.3, -0.25) is 4.79 Å². The summed E-state index contributed by atoms with van der Waals surface area (Å²) in [5.41, 5.74) is 1.93. The van der Waals surface area contributed by atoms with Crippen LogP contribution in [0.1, 0.15) is 11.5 Å². The predicted octanol–water partition coefficient (Wildman–Crippen LogP) is 1.86. The highest BCUT2D eigenvalue weighted by Crippen LogP contribution is 2.35. The number of benzene rings is 1. The number of fused-ring (bicyclic) bond motifs is 1. The van der Waals surface area contributed by atoms with Gasteiger partial charge in [0.25, 0.3) is 0 Å². The zero-order valence-corrected chi connectivity index (χ0v) is 8.39. The van der Waals surface area contributed by atoms with Gasteiger partial charge in [0.15, 0.2) is 0 Å². The van der Waals surface area contributed by atoms with Gasteiger partial charge in [-0.05, 0) is 11.6 Å². The Labute approximate surface area is 88.6 Å². The SMILES string of the molecule is C=CCN1CC(C(=O)O)c2ccccc21. The lowest BCUT2D eigenvalue weighted by Crippen LogP contribution is -2.24. The Morgan fingerprint density at radius 1 is 1.60 bits per heavy atom. The lowest BCUT2D eigenvalue weighted by Gasteiger charge is -2.16. The van der Waals surface area contributed by atoms with Crippen molar-refractivity contribution in [2.24, 2.45) is 0 Å². The fourth-order valence-electron chi connectivity index (χ4n) is 2.03. The van der Waals surface area contributed by atoms with Crippen LogP contribution >= 0.6 is 0 Å². The number of carbonyl (C=O) groups is 1. The topological polar surface area (TPSA) is 40.5 Å². The number of hydrogen-bond acceptors (Lipinski definition) is 2. The van der Waals surface area contributed by atoms with E-state index in [2.05, 4.69) is 6.58 Å². The Balaban J connectivity index is 2.38. The van der Waals surface area contributed by atoms with Crippen LogP contribution in [0.3, 0.4) is 0 Å². The van der Waals surface area contributed by atoms with Crippen LogP contribution < -0.4 is 4.90 Å². The van der Waals surface area contributed by atoms with Crippen molar-refractivity contribution >= 4 is 11.7 Å². The Morgan fingerprint density at radius 2 is 2.33 bits per heavy atom. The molecular formula is C12H13NO2. The van der Waals surface area contributed by atoms with Crippen LogP contribution in [0.15, 0.2) is 36.9 Å². The van der Waals surface area contributed by atoms with E-state index in [1.54, 1.807) is 6.08 Å². The third-order valence-corrected chi connectivity index (χ3v) is 2.70. The molecule has 2 rings (SSSR count). The Hall–Kier alpha value is -1.77. The van der Waals surface area contributed by atoms with Gasteiger partial charge in [-0.15, -0.1) is 6.58 Å². The van der Waals surface area contributed by atoms with Gasteiger partial charge >= 0.3 is 5.97 Å². The Kier molecular flexibility index (Phi) is 2.46. The second kappa shape index (κ2) is 3.77. The van der Waals surface area contributed by atoms with Gasteiger partial charge in [0, 0.05) is 18.8 Å². The van der Waals surface area contributed by atoms with Crippen molar-refractivity contribution in [2.75, 3.05) is 18.0 Å². The lowest BCUT2D eigenvalue weighted by molar-refractivity contribution is -0.138. The number of carboxylic acids is 1. The second-order valence-electron chi connectivity index (χ2n) is 3.64. The molecule has 0 spiro atoms. The zero-order chi connectivity index (χ0) is 10.8. The summed E-state index contributed by atoms with van der Waals surface area (Å²) in [5, 5.41) is 9.09. The average Bonchev–Trinajstić information content (AvgIpc) is 2.59. The molecule has 1 aliphatic rings. The molecule has 0 radical (unpaired) electrons. The summed E-state index contributed by atoms with van der Waals surface area (Å²) in [6, 6.07) is 7.66. The Bertz CT molecular complexity index is 400. The maximum absolute atomic E-state index is 11.1. The van der Waals surface area contributed by atoms with Crippen molar-refractivity contribution < 1.29 is 9.90 Å². The van der Waals surface area contributed by atoms with Crippen LogP contribution in [-0.2, 0) is 4.79 Å². The van der Waals surface area contributed by atoms with Gasteiger partial charge in [-0.2, -0.15) is 0 Å². The highest BCUT2D eigenvalue weighted by atomic mass is 16.4. The van der Waals surface area contributed by atoms with Crippen molar-refractivity contribution in [2.45, 2.75) is 5.92 Å². The predicted molar refractivity (Wildman–Crippen MR) is 59.2 cm³/mol. The number of nitrogens with zero attached hydrogens (tertiary/aromatic N) is 1. The molecule has 1 unspecified atom stereocenters. The highest BCUT2D eigenvalue weighted by Gasteiger charge is 2.32. The molecule has 3 nitrogen and oxygen atoms in total. The molecule has 0 aliphatic carbocycles. The van der Waals surface area contributed by atoms with Gasteiger partial charge < -0.3 is 10.0 Å². The average molecular weight is 203 g/mol. The van der Waals surface area contributed by atoms with Gasteiger partial charge in [-0.25, -0.2) is 0 Å². The van der Waals surface area contributed by atoms with Crippen molar-refractivity contribution in [3.05, 3.63) is 42.5 Å². The molecule has 0 fully saturated rings. The van der Waals surface area contributed by atoms with E-state index < -0.39 is 11.9 Å². The number of aliphatic carboxylic acids is 1. The molecule has 0 saturated carbocycles. The number of carboxylic acid groups (broad SMARTS) is 1. The summed E-state index contributed by atoms with van der Waals surface area (Å²) in [6.45, 7) is 4.92. The smallest absolute Gasteiger partial charge is 0.312 e. The first-order valence-corrected chi connectivity index (χ1v) is 4.91. The second-order valence-corrected chi connectivity index (χ2v) is 3.64. The van der Waals surface area contributed by atoms with Gasteiger partial charge in [0.1, 0.15) is 5.92 Å². The largest absolute Gasteiger partial charge is 0.481 e. The first-order valence-electron chi connectivity index (χ1n) is 4.91. The molecule has 1 heterocycles. The van der Waals surface area contributed by atoms with Crippen molar-refractivity contribution in [3.63, 3.8) is 0 Å². The van der Waals surface area contributed by atoms with Crippen LogP contribution in [0.4, 0.5) is 5.69 Å². The Morgan fingerprint density at radius 3 is 3.00 bits per heavy atom. The number of para-hydroxylation sites is 1. The fourth-order valence-corrected chi connectivity index (χ4v) is 2.03. The molecule has 1 aromatic carbocycles. The molecule has 0 bridgehead atoms. The minimum absolute atomic E-state index is 0.402. The van der Waals surface area contributed by atoms with Gasteiger partial charge in [0.2, 0.25) is 0 Å². The van der Waals surface area contributed by atoms with E-state index in [1.165, 1.54) is 0 Å². The third kappa shape index (κ3) is 1.61. The van der Waals surface area contributed by atoms with Crippen LogP contribution in [0.5, 0.6) is 0 Å². The van der Waals surface area contributed by atoms with E-state index in [-0.39, 0.29) is 0 Å². The van der Waals surface area contributed by atoms with Crippen molar-refractivity contribution in [1.82, 2.24) is 0 Å². The van der Waals surface area contributed by atoms with E-state index >= 15 is 0 Å². The van der Waals surface area contributed by atoms with Gasteiger partial charge in [-0.1, -0.05) is 24.3 Å². The molecule has 1 aromatic rings. The van der Waals surface area contributed by atoms with Crippen molar-refractivity contribution in [3.8, 4) is 0 Å². The minimum Gasteiger partial charge on any atom is -0.481 e. The van der Waals surface area contributed by atoms with E-state index in [0.29, 0.717) is 13.1 Å². The molecule has 1 atom stereocenters. The number of hydrogen-bond donors (Lipinski definition) is 1. The van der Waals surface area contributed by atoms with Crippen molar-refractivity contribution in [1.29, 1.82) is 0 Å². The standard InChI is InChI=1S/C12H13NO2/c1-2-7-13-8-10(12(14)15)9-5-3-4-6-11(9)13/h2-6,10H,1,7-8H2,(H,14,15). The summed E-state index contributed by atoms with van der Waals surface area (Å²) in [7, 11) is 0. The summed E-state index contributed by atoms with van der Waals surface area (Å²) in [4.78, 5) is 13.1. The summed E-state index contributed by atoms with van der Waals surface area (Å²) in [6.07, 6.45) is 1.79. The quantitative estimate of drug-likeness (QED) is 0.762. The molecule has 1 aliphatic heterocycles. The fraction of sp³-hybridized carbons (Fsp3) is 0.250. The molecule has 0 amide bonds. The number of anilines is 1. The monoisotopic (exact) mass is 203 g/mol. The van der Waals surface area contributed by atoms with E-state index in [9.17, 15) is 4.79 Å². The highest BCUT2D eigenvalue weighted by molar-refractivity contribution is 5.83. The molecule has 0 aromatic heterocycles. The molecule has 3 heteroatoms. The minimum atomic E-state index is -0.756. The third-order valence-electron chi connectivity index (χ3n) is 2.70. The summed E-state index contributed by atoms with van der Waals surface area (Å²) < 4.78 is 0. The van der Waals surface area contributed by atoms with Crippen LogP contribution in [0, 0.1) is 0 Å². The number of rotatable bonds is 3. The van der Waals surface area contributed by atoms with Crippen LogP contribution in [0.25, 0.3) is 0 Å². The first-order chi connectivity index (χ1) is 7.24. The molecule has 78 valence electrons.